The van der Waals surface area contributed by atoms with Crippen LogP contribution in [-0.2, 0) is 11.8 Å². The minimum Gasteiger partial charge on any atom is -0.494 e. The van der Waals surface area contributed by atoms with Crippen molar-refractivity contribution in [3.8, 4) is 17.1 Å². The number of rotatable bonds is 8. The van der Waals surface area contributed by atoms with Crippen LogP contribution in [0.25, 0.3) is 11.4 Å². The lowest BCUT2D eigenvalue weighted by Gasteiger charge is -2.34. The van der Waals surface area contributed by atoms with E-state index in [1.807, 2.05) is 12.1 Å². The van der Waals surface area contributed by atoms with Gasteiger partial charge in [0.15, 0.2) is 0 Å². The summed E-state index contributed by atoms with van der Waals surface area (Å²) < 4.78 is 13.6. The van der Waals surface area contributed by atoms with Crippen LogP contribution in [0.3, 0.4) is 0 Å². The Bertz CT molecular complexity index is 1160. The lowest BCUT2D eigenvalue weighted by atomic mass is 10.1. The summed E-state index contributed by atoms with van der Waals surface area (Å²) in [5.41, 5.74) is 2.12. The first kappa shape index (κ1) is 23.4. The number of nitrogens with zero attached hydrogens (tertiary/aromatic N) is 6. The van der Waals surface area contributed by atoms with Gasteiger partial charge in [0.1, 0.15) is 18.2 Å². The molecule has 0 aliphatic carbocycles. The van der Waals surface area contributed by atoms with Crippen LogP contribution >= 0.6 is 0 Å². The molecule has 0 saturated carbocycles. The van der Waals surface area contributed by atoms with Crippen molar-refractivity contribution in [2.24, 2.45) is 7.05 Å². The van der Waals surface area contributed by atoms with E-state index >= 15 is 0 Å². The molecule has 0 amide bonds. The predicted molar refractivity (Wildman–Crippen MR) is 134 cm³/mol. The maximum Gasteiger partial charge on any atom is 0.255 e. The Hall–Kier alpha value is -3.30. The van der Waals surface area contributed by atoms with Crippen molar-refractivity contribution in [1.29, 1.82) is 0 Å². The van der Waals surface area contributed by atoms with Crippen LogP contribution in [0.5, 0.6) is 5.75 Å². The van der Waals surface area contributed by atoms with E-state index in [1.165, 1.54) is 38.3 Å². The van der Waals surface area contributed by atoms with Crippen LogP contribution in [0.2, 0.25) is 0 Å². The fourth-order valence-electron chi connectivity index (χ4n) is 4.68. The molecule has 3 aromatic rings. The standard InChI is InChI=1S/C26H32N6O3/c1-30-25(33)17-23(22-9-10-27-19-28-22)29-26(30)32-14-16-35-24(18-32)20-5-7-21(8-6-20)34-15-4-13-31-11-2-3-12-31/h5-10,17,19,24H,2-4,11-16,18H2,1H3/t24-/m1/s1. The average Bonchev–Trinajstić information content (AvgIpc) is 3.43. The summed E-state index contributed by atoms with van der Waals surface area (Å²) >= 11 is 0. The average molecular weight is 477 g/mol. The zero-order valence-corrected chi connectivity index (χ0v) is 20.2. The number of benzene rings is 1. The normalized spacial score (nSPS) is 18.7. The second kappa shape index (κ2) is 11.0. The third kappa shape index (κ3) is 5.68. The Morgan fingerprint density at radius 1 is 1.09 bits per heavy atom. The molecule has 1 aromatic carbocycles. The molecule has 4 heterocycles. The minimum absolute atomic E-state index is 0.118. The van der Waals surface area contributed by atoms with Crippen molar-refractivity contribution < 1.29 is 9.47 Å². The molecule has 2 aliphatic rings. The third-order valence-electron chi connectivity index (χ3n) is 6.64. The highest BCUT2D eigenvalue weighted by Crippen LogP contribution is 2.27. The van der Waals surface area contributed by atoms with Gasteiger partial charge in [-0.1, -0.05) is 12.1 Å². The Kier molecular flexibility index (Phi) is 7.34. The monoisotopic (exact) mass is 476 g/mol. The van der Waals surface area contributed by atoms with E-state index in [2.05, 4.69) is 31.9 Å². The lowest BCUT2D eigenvalue weighted by molar-refractivity contribution is 0.0389. The Morgan fingerprint density at radius 3 is 2.69 bits per heavy atom. The summed E-state index contributed by atoms with van der Waals surface area (Å²) in [7, 11) is 1.74. The zero-order chi connectivity index (χ0) is 24.0. The van der Waals surface area contributed by atoms with E-state index < -0.39 is 0 Å². The molecule has 35 heavy (non-hydrogen) atoms. The third-order valence-corrected chi connectivity index (χ3v) is 6.64. The van der Waals surface area contributed by atoms with E-state index in [1.54, 1.807) is 23.9 Å². The summed E-state index contributed by atoms with van der Waals surface area (Å²) in [6, 6.07) is 11.4. The Labute approximate surface area is 205 Å². The van der Waals surface area contributed by atoms with Crippen LogP contribution in [0.1, 0.15) is 30.9 Å². The number of hydrogen-bond donors (Lipinski definition) is 0. The summed E-state index contributed by atoms with van der Waals surface area (Å²) in [6.45, 7) is 6.09. The van der Waals surface area contributed by atoms with Crippen molar-refractivity contribution >= 4 is 5.95 Å². The molecular weight excluding hydrogens is 444 g/mol. The van der Waals surface area contributed by atoms with Gasteiger partial charge in [0, 0.05) is 32.4 Å². The van der Waals surface area contributed by atoms with Gasteiger partial charge >= 0.3 is 0 Å². The fraction of sp³-hybridized carbons (Fsp3) is 0.462. The first-order valence-electron chi connectivity index (χ1n) is 12.3. The number of ether oxygens (including phenoxy) is 2. The van der Waals surface area contributed by atoms with Gasteiger partial charge in [-0.25, -0.2) is 15.0 Å². The highest BCUT2D eigenvalue weighted by atomic mass is 16.5. The summed E-state index contributed by atoms with van der Waals surface area (Å²) in [6.07, 6.45) is 6.67. The van der Waals surface area contributed by atoms with Crippen LogP contribution in [0, 0.1) is 0 Å². The Morgan fingerprint density at radius 2 is 1.91 bits per heavy atom. The second-order valence-corrected chi connectivity index (χ2v) is 9.06. The van der Waals surface area contributed by atoms with Crippen molar-refractivity contribution in [2.45, 2.75) is 25.4 Å². The molecule has 9 nitrogen and oxygen atoms in total. The quantitative estimate of drug-likeness (QED) is 0.459. The second-order valence-electron chi connectivity index (χ2n) is 9.06. The summed E-state index contributed by atoms with van der Waals surface area (Å²) in [5, 5.41) is 0. The summed E-state index contributed by atoms with van der Waals surface area (Å²) in [4.78, 5) is 30.2. The van der Waals surface area contributed by atoms with Crippen LogP contribution in [0.15, 0.2) is 53.7 Å². The predicted octanol–water partition coefficient (Wildman–Crippen LogP) is 2.68. The van der Waals surface area contributed by atoms with Crippen LogP contribution < -0.4 is 15.2 Å². The van der Waals surface area contributed by atoms with E-state index in [-0.39, 0.29) is 11.7 Å². The zero-order valence-electron chi connectivity index (χ0n) is 20.2. The first-order valence-corrected chi connectivity index (χ1v) is 12.3. The van der Waals surface area contributed by atoms with Gasteiger partial charge in [-0.15, -0.1) is 0 Å². The van der Waals surface area contributed by atoms with E-state index in [9.17, 15) is 4.79 Å². The molecule has 5 rings (SSSR count). The van der Waals surface area contributed by atoms with E-state index in [4.69, 9.17) is 14.5 Å². The van der Waals surface area contributed by atoms with E-state index in [0.29, 0.717) is 37.0 Å². The topological polar surface area (TPSA) is 85.6 Å². The smallest absolute Gasteiger partial charge is 0.255 e. The van der Waals surface area contributed by atoms with Gasteiger partial charge in [0.2, 0.25) is 5.95 Å². The van der Waals surface area contributed by atoms with Gasteiger partial charge in [-0.3, -0.25) is 9.36 Å². The molecule has 184 valence electrons. The Balaban J connectivity index is 1.23. The molecule has 1 atom stereocenters. The van der Waals surface area contributed by atoms with Crippen molar-refractivity contribution in [3.05, 3.63) is 64.8 Å². The van der Waals surface area contributed by atoms with Gasteiger partial charge in [0.05, 0.1) is 31.1 Å². The molecule has 0 radical (unpaired) electrons. The van der Waals surface area contributed by atoms with Gasteiger partial charge < -0.3 is 19.3 Å². The molecule has 2 aliphatic heterocycles. The molecule has 0 N–H and O–H groups in total. The number of morpholine rings is 1. The van der Waals surface area contributed by atoms with Gasteiger partial charge in [-0.05, 0) is 56.1 Å². The number of hydrogen-bond acceptors (Lipinski definition) is 8. The van der Waals surface area contributed by atoms with Gasteiger partial charge in [0.25, 0.3) is 5.56 Å². The van der Waals surface area contributed by atoms with Crippen molar-refractivity contribution in [3.63, 3.8) is 0 Å². The molecule has 0 unspecified atom stereocenters. The highest BCUT2D eigenvalue weighted by molar-refractivity contribution is 5.55. The first-order chi connectivity index (χ1) is 17.2. The molecule has 2 fully saturated rings. The van der Waals surface area contributed by atoms with Crippen LogP contribution in [-0.4, -0.2) is 70.4 Å². The largest absolute Gasteiger partial charge is 0.494 e. The summed E-state index contributed by atoms with van der Waals surface area (Å²) in [5.74, 6) is 1.49. The highest BCUT2D eigenvalue weighted by Gasteiger charge is 2.25. The molecular formula is C26H32N6O3. The molecule has 2 saturated heterocycles. The fourth-order valence-corrected chi connectivity index (χ4v) is 4.68. The van der Waals surface area contributed by atoms with E-state index in [0.717, 1.165) is 30.9 Å². The molecule has 9 heteroatoms. The molecule has 2 aromatic heterocycles. The maximum atomic E-state index is 12.7. The van der Waals surface area contributed by atoms with Gasteiger partial charge in [-0.2, -0.15) is 0 Å². The minimum atomic E-state index is -0.127. The maximum absolute atomic E-state index is 12.7. The van der Waals surface area contributed by atoms with Crippen molar-refractivity contribution in [1.82, 2.24) is 24.4 Å². The number of aromatic nitrogens is 4. The molecule has 0 bridgehead atoms. The SMILES string of the molecule is Cn1c(N2CCO[C@@H](c3ccc(OCCCN4CCCC4)cc3)C2)nc(-c2ccncn2)cc1=O. The van der Waals surface area contributed by atoms with Crippen molar-refractivity contribution in [2.75, 3.05) is 50.8 Å². The van der Waals surface area contributed by atoms with Crippen LogP contribution in [0.4, 0.5) is 5.95 Å². The number of anilines is 1. The number of likely N-dealkylation sites (tertiary alicyclic amines) is 1. The molecule has 0 spiro atoms. The lowest BCUT2D eigenvalue weighted by Crippen LogP contribution is -2.41.